The molecule has 0 aliphatic heterocycles. The van der Waals surface area contributed by atoms with E-state index in [1.807, 2.05) is 13.0 Å². The lowest BCUT2D eigenvalue weighted by atomic mass is 10.2. The average molecular weight is 330 g/mol. The van der Waals surface area contributed by atoms with E-state index in [1.165, 1.54) is 11.3 Å². The van der Waals surface area contributed by atoms with Gasteiger partial charge in [-0.2, -0.15) is 4.72 Å². The van der Waals surface area contributed by atoms with Gasteiger partial charge in [-0.3, -0.25) is 4.79 Å². The van der Waals surface area contributed by atoms with Crippen molar-refractivity contribution in [3.05, 3.63) is 17.0 Å². The third-order valence-electron chi connectivity index (χ3n) is 3.68. The van der Waals surface area contributed by atoms with Gasteiger partial charge in [0.2, 0.25) is 5.91 Å². The second kappa shape index (κ2) is 6.89. The van der Waals surface area contributed by atoms with Crippen molar-refractivity contribution in [1.82, 2.24) is 10.0 Å². The van der Waals surface area contributed by atoms with Crippen LogP contribution in [0.25, 0.3) is 0 Å². The summed E-state index contributed by atoms with van der Waals surface area (Å²) in [6, 6.07) is 2.83. The highest BCUT2D eigenvalue weighted by atomic mass is 32.2. The summed E-state index contributed by atoms with van der Waals surface area (Å²) in [7, 11) is -3.62. The zero-order chi connectivity index (χ0) is 15.5. The van der Waals surface area contributed by atoms with Crippen LogP contribution in [0, 0.1) is 0 Å². The quantitative estimate of drug-likeness (QED) is 0.838. The third kappa shape index (κ3) is 4.28. The van der Waals surface area contributed by atoms with Crippen molar-refractivity contribution >= 4 is 27.3 Å². The summed E-state index contributed by atoms with van der Waals surface area (Å²) >= 11 is 1.24. The van der Waals surface area contributed by atoms with Crippen LogP contribution in [-0.4, -0.2) is 26.4 Å². The molecule has 1 atom stereocenters. The van der Waals surface area contributed by atoms with Crippen LogP contribution < -0.4 is 10.0 Å². The number of hydrogen-bond donors (Lipinski definition) is 2. The summed E-state index contributed by atoms with van der Waals surface area (Å²) in [4.78, 5) is 13.0. The molecule has 1 aliphatic rings. The molecule has 5 nitrogen and oxygen atoms in total. The summed E-state index contributed by atoms with van der Waals surface area (Å²) in [5, 5.41) is 2.91. The Kier molecular flexibility index (Phi) is 5.40. The van der Waals surface area contributed by atoms with Gasteiger partial charge in [0, 0.05) is 10.9 Å². The van der Waals surface area contributed by atoms with Crippen molar-refractivity contribution in [1.29, 1.82) is 0 Å². The van der Waals surface area contributed by atoms with Crippen molar-refractivity contribution < 1.29 is 13.2 Å². The van der Waals surface area contributed by atoms with E-state index in [4.69, 9.17) is 0 Å². The fourth-order valence-corrected chi connectivity index (χ4v) is 4.95. The first-order valence-electron chi connectivity index (χ1n) is 7.34. The van der Waals surface area contributed by atoms with Crippen LogP contribution in [0.2, 0.25) is 0 Å². The van der Waals surface area contributed by atoms with Gasteiger partial charge in [-0.25, -0.2) is 8.42 Å². The van der Waals surface area contributed by atoms with Gasteiger partial charge in [0.1, 0.15) is 4.21 Å². The second-order valence-electron chi connectivity index (χ2n) is 5.41. The average Bonchev–Trinajstić information content (AvgIpc) is 3.08. The minimum atomic E-state index is -3.62. The lowest BCUT2D eigenvalue weighted by molar-refractivity contribution is -0.123. The van der Waals surface area contributed by atoms with Crippen LogP contribution in [0.15, 0.2) is 16.3 Å². The first-order valence-corrected chi connectivity index (χ1v) is 9.63. The van der Waals surface area contributed by atoms with E-state index in [1.54, 1.807) is 13.0 Å². The normalized spacial score (nSPS) is 17.8. The van der Waals surface area contributed by atoms with Gasteiger partial charge in [-0.1, -0.05) is 19.8 Å². The predicted molar refractivity (Wildman–Crippen MR) is 83.9 cm³/mol. The van der Waals surface area contributed by atoms with E-state index >= 15 is 0 Å². The van der Waals surface area contributed by atoms with E-state index in [-0.39, 0.29) is 16.2 Å². The van der Waals surface area contributed by atoms with Crippen molar-refractivity contribution in [2.45, 2.75) is 62.2 Å². The molecule has 0 radical (unpaired) electrons. The summed E-state index contributed by atoms with van der Waals surface area (Å²) in [5.41, 5.74) is 0. The molecule has 2 rings (SSSR count). The van der Waals surface area contributed by atoms with Gasteiger partial charge in [-0.05, 0) is 38.3 Å². The fourth-order valence-electron chi connectivity index (χ4n) is 2.43. The molecule has 1 aliphatic carbocycles. The molecule has 1 heterocycles. The topological polar surface area (TPSA) is 75.3 Å². The number of carbonyl (C=O) groups excluding carboxylic acids is 1. The number of sulfonamides is 1. The van der Waals surface area contributed by atoms with Crippen LogP contribution in [0.1, 0.15) is 44.4 Å². The molecule has 2 N–H and O–H groups in total. The molecule has 0 saturated heterocycles. The van der Waals surface area contributed by atoms with Crippen LogP contribution >= 0.6 is 11.3 Å². The molecule has 1 saturated carbocycles. The van der Waals surface area contributed by atoms with E-state index in [0.29, 0.717) is 0 Å². The Morgan fingerprint density at radius 3 is 2.62 bits per heavy atom. The molecule has 0 spiro atoms. The van der Waals surface area contributed by atoms with Gasteiger partial charge < -0.3 is 5.32 Å². The van der Waals surface area contributed by atoms with E-state index in [2.05, 4.69) is 10.0 Å². The minimum Gasteiger partial charge on any atom is -0.352 e. The largest absolute Gasteiger partial charge is 0.352 e. The Labute approximate surface area is 130 Å². The van der Waals surface area contributed by atoms with Crippen LogP contribution in [0.5, 0.6) is 0 Å². The number of nitrogens with one attached hydrogen (secondary N) is 2. The summed E-state index contributed by atoms with van der Waals surface area (Å²) < 4.78 is 27.2. The Morgan fingerprint density at radius 2 is 2.05 bits per heavy atom. The maximum Gasteiger partial charge on any atom is 0.250 e. The Bertz CT molecular complexity index is 589. The number of carbonyl (C=O) groups is 1. The maximum absolute atomic E-state index is 12.2. The first kappa shape index (κ1) is 16.5. The van der Waals surface area contributed by atoms with Crippen LogP contribution in [0.4, 0.5) is 0 Å². The highest BCUT2D eigenvalue weighted by Gasteiger charge is 2.25. The molecular formula is C14H22N2O3S2. The van der Waals surface area contributed by atoms with Gasteiger partial charge in [0.25, 0.3) is 10.0 Å². The monoisotopic (exact) mass is 330 g/mol. The smallest absolute Gasteiger partial charge is 0.250 e. The molecule has 21 heavy (non-hydrogen) atoms. The third-order valence-corrected chi connectivity index (χ3v) is 6.94. The van der Waals surface area contributed by atoms with Crippen LogP contribution in [-0.2, 0) is 21.2 Å². The highest BCUT2D eigenvalue weighted by molar-refractivity contribution is 7.91. The summed E-state index contributed by atoms with van der Waals surface area (Å²) in [6.07, 6.45) is 5.02. The van der Waals surface area contributed by atoms with Gasteiger partial charge in [-0.15, -0.1) is 11.3 Å². The molecule has 1 aromatic heterocycles. The number of amides is 1. The highest BCUT2D eigenvalue weighted by Crippen LogP contribution is 2.22. The predicted octanol–water partition coefficient (Wildman–Crippen LogP) is 2.04. The standard InChI is InChI=1S/C14H22N2O3S2/c1-3-12-8-9-13(20-12)21(18,19)16-10(2)14(17)15-11-6-4-5-7-11/h8-11,16H,3-7H2,1-2H3,(H,15,17)/t10-/m1/s1. The summed E-state index contributed by atoms with van der Waals surface area (Å²) in [5.74, 6) is -0.252. The second-order valence-corrected chi connectivity index (χ2v) is 8.52. The Balaban J connectivity index is 1.96. The van der Waals surface area contributed by atoms with Gasteiger partial charge in [0.05, 0.1) is 6.04 Å². The molecule has 0 bridgehead atoms. The minimum absolute atomic E-state index is 0.192. The zero-order valence-electron chi connectivity index (χ0n) is 12.4. The molecule has 7 heteroatoms. The number of aryl methyl sites for hydroxylation is 1. The molecule has 0 aromatic carbocycles. The van der Waals surface area contributed by atoms with Crippen molar-refractivity contribution in [2.75, 3.05) is 0 Å². The van der Waals surface area contributed by atoms with Crippen molar-refractivity contribution in [3.8, 4) is 0 Å². The van der Waals surface area contributed by atoms with Gasteiger partial charge in [0.15, 0.2) is 0 Å². The number of thiophene rings is 1. The van der Waals surface area contributed by atoms with Crippen LogP contribution in [0.3, 0.4) is 0 Å². The Morgan fingerprint density at radius 1 is 1.38 bits per heavy atom. The zero-order valence-corrected chi connectivity index (χ0v) is 14.0. The van der Waals surface area contributed by atoms with Crippen molar-refractivity contribution in [2.24, 2.45) is 0 Å². The van der Waals surface area contributed by atoms with E-state index in [0.717, 1.165) is 37.0 Å². The molecule has 1 amide bonds. The molecule has 1 fully saturated rings. The number of hydrogen-bond acceptors (Lipinski definition) is 4. The molecular weight excluding hydrogens is 308 g/mol. The Hall–Kier alpha value is -0.920. The van der Waals surface area contributed by atoms with E-state index < -0.39 is 16.1 Å². The number of rotatable bonds is 6. The SMILES string of the molecule is CCc1ccc(S(=O)(=O)N[C@H](C)C(=O)NC2CCCC2)s1. The van der Waals surface area contributed by atoms with Crippen molar-refractivity contribution in [3.63, 3.8) is 0 Å². The molecule has 118 valence electrons. The lowest BCUT2D eigenvalue weighted by Crippen LogP contribution is -2.47. The summed E-state index contributed by atoms with van der Waals surface area (Å²) in [6.45, 7) is 3.56. The fraction of sp³-hybridized carbons (Fsp3) is 0.643. The molecule has 1 aromatic rings. The van der Waals surface area contributed by atoms with E-state index in [9.17, 15) is 13.2 Å². The molecule has 0 unspecified atom stereocenters. The first-order chi connectivity index (χ1) is 9.92. The maximum atomic E-state index is 12.2. The van der Waals surface area contributed by atoms with Gasteiger partial charge >= 0.3 is 0 Å². The lowest BCUT2D eigenvalue weighted by Gasteiger charge is -2.17.